The number of nitrogens with zero attached hydrogens (tertiary/aromatic N) is 3. The van der Waals surface area contributed by atoms with E-state index in [1.54, 1.807) is 14.0 Å². The molecule has 0 fully saturated rings. The van der Waals surface area contributed by atoms with Crippen LogP contribution in [-0.2, 0) is 11.8 Å². The van der Waals surface area contributed by atoms with Crippen molar-refractivity contribution in [3.8, 4) is 0 Å². The van der Waals surface area contributed by atoms with Crippen LogP contribution in [0.4, 0.5) is 11.4 Å². The van der Waals surface area contributed by atoms with Gasteiger partial charge in [-0.3, -0.25) is 19.6 Å². The molecule has 0 saturated carbocycles. The summed E-state index contributed by atoms with van der Waals surface area (Å²) in [7, 11) is 2.81. The van der Waals surface area contributed by atoms with Crippen molar-refractivity contribution in [3.63, 3.8) is 0 Å². The summed E-state index contributed by atoms with van der Waals surface area (Å²) in [6.45, 7) is 1.54. The molecule has 0 saturated heterocycles. The number of hydrogen-bond acceptors (Lipinski definition) is 6. The number of nitrogens with one attached hydrogen (secondary N) is 1. The summed E-state index contributed by atoms with van der Waals surface area (Å²) in [6, 6.07) is 4.00. The predicted molar refractivity (Wildman–Crippen MR) is 80.3 cm³/mol. The van der Waals surface area contributed by atoms with Crippen LogP contribution < -0.4 is 5.32 Å². The molecule has 0 aliphatic carbocycles. The summed E-state index contributed by atoms with van der Waals surface area (Å²) in [5.74, 6) is -1.19. The molecule has 0 spiro atoms. The molecule has 0 unspecified atom stereocenters. The van der Waals surface area contributed by atoms with E-state index < -0.39 is 16.8 Å². The van der Waals surface area contributed by atoms with Crippen molar-refractivity contribution in [1.29, 1.82) is 0 Å². The first kappa shape index (κ1) is 16.1. The van der Waals surface area contributed by atoms with Crippen molar-refractivity contribution in [3.05, 3.63) is 51.3 Å². The number of ether oxygens (including phenoxy) is 1. The molecule has 9 heteroatoms. The summed E-state index contributed by atoms with van der Waals surface area (Å²) >= 11 is 0. The molecule has 0 bridgehead atoms. The average Bonchev–Trinajstić information content (AvgIpc) is 2.86. The van der Waals surface area contributed by atoms with E-state index in [9.17, 15) is 19.7 Å². The second-order valence-corrected chi connectivity index (χ2v) is 4.77. The first-order valence-corrected chi connectivity index (χ1v) is 6.52. The largest absolute Gasteiger partial charge is 0.464 e. The lowest BCUT2D eigenvalue weighted by Gasteiger charge is -2.05. The summed E-state index contributed by atoms with van der Waals surface area (Å²) < 4.78 is 5.96. The fourth-order valence-electron chi connectivity index (χ4n) is 2.02. The van der Waals surface area contributed by atoms with Crippen molar-refractivity contribution in [1.82, 2.24) is 9.78 Å². The molecule has 1 aromatic carbocycles. The minimum Gasteiger partial charge on any atom is -0.464 e. The number of hydrogen-bond donors (Lipinski definition) is 1. The van der Waals surface area contributed by atoms with Gasteiger partial charge in [-0.1, -0.05) is 0 Å². The maximum absolute atomic E-state index is 12.2. The van der Waals surface area contributed by atoms with E-state index in [4.69, 9.17) is 0 Å². The van der Waals surface area contributed by atoms with Gasteiger partial charge >= 0.3 is 5.97 Å². The summed E-state index contributed by atoms with van der Waals surface area (Å²) in [5, 5.41) is 17.3. The van der Waals surface area contributed by atoms with E-state index in [2.05, 4.69) is 15.2 Å². The van der Waals surface area contributed by atoms with Crippen LogP contribution in [0.1, 0.15) is 26.4 Å². The number of nitro groups is 1. The molecule has 0 aliphatic rings. The Morgan fingerprint density at radius 2 is 2.09 bits per heavy atom. The first-order chi connectivity index (χ1) is 10.8. The van der Waals surface area contributed by atoms with Crippen molar-refractivity contribution < 1.29 is 19.2 Å². The highest BCUT2D eigenvalue weighted by atomic mass is 16.6. The molecule has 0 aliphatic heterocycles. The molecule has 2 aromatic rings. The molecule has 23 heavy (non-hydrogen) atoms. The van der Waals surface area contributed by atoms with Gasteiger partial charge in [0, 0.05) is 30.4 Å². The minimum absolute atomic E-state index is 0.0259. The van der Waals surface area contributed by atoms with Crippen LogP contribution in [0.2, 0.25) is 0 Å². The van der Waals surface area contributed by atoms with Gasteiger partial charge in [0.05, 0.1) is 17.7 Å². The van der Waals surface area contributed by atoms with E-state index in [1.165, 1.54) is 36.2 Å². The van der Waals surface area contributed by atoms with Gasteiger partial charge < -0.3 is 10.1 Å². The Hall–Kier alpha value is -3.23. The number of methoxy groups -OCH3 is 1. The number of nitro benzene ring substituents is 1. The lowest BCUT2D eigenvalue weighted by atomic mass is 10.1. The van der Waals surface area contributed by atoms with E-state index in [0.717, 1.165) is 0 Å². The summed E-state index contributed by atoms with van der Waals surface area (Å²) in [5.41, 5.74) is 0.690. The van der Waals surface area contributed by atoms with E-state index in [-0.39, 0.29) is 22.6 Å². The highest BCUT2D eigenvalue weighted by Gasteiger charge is 2.20. The zero-order valence-electron chi connectivity index (χ0n) is 12.7. The molecule has 1 aromatic heterocycles. The molecule has 0 radical (unpaired) electrons. The topological polar surface area (TPSA) is 116 Å². The Bertz CT molecular complexity index is 796. The zero-order valence-corrected chi connectivity index (χ0v) is 12.7. The lowest BCUT2D eigenvalue weighted by Crippen LogP contribution is -2.15. The standard InChI is InChI=1S/C14H14N4O5/c1-8-6-9(4-5-11(8)18(21)22)13(19)15-10-7-17(2)16-12(10)14(20)23-3/h4-7H,1-3H3,(H,15,19). The zero-order chi connectivity index (χ0) is 17.1. The van der Waals surface area contributed by atoms with Crippen molar-refractivity contribution in [2.45, 2.75) is 6.92 Å². The van der Waals surface area contributed by atoms with E-state index in [1.807, 2.05) is 0 Å². The third-order valence-electron chi connectivity index (χ3n) is 3.11. The number of benzene rings is 1. The fourth-order valence-corrected chi connectivity index (χ4v) is 2.02. The van der Waals surface area contributed by atoms with E-state index >= 15 is 0 Å². The smallest absolute Gasteiger partial charge is 0.360 e. The second kappa shape index (κ2) is 6.26. The van der Waals surface area contributed by atoms with Crippen molar-refractivity contribution >= 4 is 23.3 Å². The number of aromatic nitrogens is 2. The molecular weight excluding hydrogens is 304 g/mol. The van der Waals surface area contributed by atoms with E-state index in [0.29, 0.717) is 5.56 Å². The normalized spacial score (nSPS) is 10.2. The fraction of sp³-hybridized carbons (Fsp3) is 0.214. The van der Waals surface area contributed by atoms with Gasteiger partial charge in [-0.25, -0.2) is 4.79 Å². The number of carbonyl (C=O) groups is 2. The van der Waals surface area contributed by atoms with Gasteiger partial charge in [0.2, 0.25) is 0 Å². The number of aryl methyl sites for hydroxylation is 2. The number of rotatable bonds is 4. The number of amides is 1. The molecule has 2 rings (SSSR count). The maximum Gasteiger partial charge on any atom is 0.360 e. The van der Waals surface area contributed by atoms with Crippen LogP contribution in [0, 0.1) is 17.0 Å². The third kappa shape index (κ3) is 3.34. The SMILES string of the molecule is COC(=O)c1nn(C)cc1NC(=O)c1ccc([N+](=O)[O-])c(C)c1. The highest BCUT2D eigenvalue weighted by molar-refractivity contribution is 6.07. The van der Waals surface area contributed by atoms with Gasteiger partial charge in [-0.2, -0.15) is 5.10 Å². The molecule has 1 heterocycles. The first-order valence-electron chi connectivity index (χ1n) is 6.52. The molecule has 1 amide bonds. The Balaban J connectivity index is 2.28. The van der Waals surface area contributed by atoms with Gasteiger partial charge in [-0.15, -0.1) is 0 Å². The molecule has 0 atom stereocenters. The van der Waals surface area contributed by atoms with Crippen LogP contribution in [0.15, 0.2) is 24.4 Å². The maximum atomic E-state index is 12.2. The van der Waals surface area contributed by atoms with Crippen LogP contribution in [0.25, 0.3) is 0 Å². The Kier molecular flexibility index (Phi) is 4.39. The Morgan fingerprint density at radius 1 is 1.39 bits per heavy atom. The Labute approximate surface area is 131 Å². The van der Waals surface area contributed by atoms with Gasteiger partial charge in [0.1, 0.15) is 0 Å². The number of carbonyl (C=O) groups excluding carboxylic acids is 2. The van der Waals surface area contributed by atoms with Gasteiger partial charge in [0.25, 0.3) is 11.6 Å². The molecule has 1 N–H and O–H groups in total. The molecule has 9 nitrogen and oxygen atoms in total. The van der Waals surface area contributed by atoms with Crippen LogP contribution in [0.5, 0.6) is 0 Å². The summed E-state index contributed by atoms with van der Waals surface area (Å²) in [4.78, 5) is 34.1. The quantitative estimate of drug-likeness (QED) is 0.521. The van der Waals surface area contributed by atoms with Crippen molar-refractivity contribution in [2.75, 3.05) is 12.4 Å². The minimum atomic E-state index is -0.680. The molecule has 120 valence electrons. The third-order valence-corrected chi connectivity index (χ3v) is 3.11. The predicted octanol–water partition coefficient (Wildman–Crippen LogP) is 1.68. The second-order valence-electron chi connectivity index (χ2n) is 4.77. The average molecular weight is 318 g/mol. The lowest BCUT2D eigenvalue weighted by molar-refractivity contribution is -0.385. The van der Waals surface area contributed by atoms with Gasteiger partial charge in [0.15, 0.2) is 5.69 Å². The van der Waals surface area contributed by atoms with Crippen LogP contribution in [-0.4, -0.2) is 33.7 Å². The summed E-state index contributed by atoms with van der Waals surface area (Å²) in [6.07, 6.45) is 1.46. The van der Waals surface area contributed by atoms with Gasteiger partial charge in [-0.05, 0) is 19.1 Å². The Morgan fingerprint density at radius 3 is 2.65 bits per heavy atom. The monoisotopic (exact) mass is 318 g/mol. The highest BCUT2D eigenvalue weighted by Crippen LogP contribution is 2.20. The molecular formula is C14H14N4O5. The van der Waals surface area contributed by atoms with Crippen LogP contribution in [0.3, 0.4) is 0 Å². The van der Waals surface area contributed by atoms with Crippen LogP contribution >= 0.6 is 0 Å². The van der Waals surface area contributed by atoms with Crippen molar-refractivity contribution in [2.24, 2.45) is 7.05 Å². The number of esters is 1. The number of anilines is 1.